The van der Waals surface area contributed by atoms with E-state index in [1.165, 1.54) is 6.07 Å². The van der Waals surface area contributed by atoms with E-state index in [-0.39, 0.29) is 17.0 Å². The Kier molecular flexibility index (Phi) is 2.39. The molecule has 0 radical (unpaired) electrons. The zero-order valence-electron chi connectivity index (χ0n) is 9.93. The second kappa shape index (κ2) is 3.69. The molecule has 0 saturated heterocycles. The van der Waals surface area contributed by atoms with Crippen LogP contribution < -0.4 is 4.74 Å². The normalized spacial score (nSPS) is 31.4. The highest BCUT2D eigenvalue weighted by Gasteiger charge is 2.45. The van der Waals surface area contributed by atoms with Crippen LogP contribution in [0.3, 0.4) is 0 Å². The lowest BCUT2D eigenvalue weighted by Crippen LogP contribution is -2.43. The van der Waals surface area contributed by atoms with Gasteiger partial charge in [-0.2, -0.15) is 0 Å². The molecule has 2 aliphatic rings. The Morgan fingerprint density at radius 3 is 2.82 bits per heavy atom. The SMILES string of the molecule is C[C@@]12CCCC[C@@H]1COc1c(F)ccc(F)c12. The Morgan fingerprint density at radius 2 is 2.00 bits per heavy atom. The summed E-state index contributed by atoms with van der Waals surface area (Å²) >= 11 is 0. The first-order valence-corrected chi connectivity index (χ1v) is 6.24. The molecule has 1 fully saturated rings. The zero-order chi connectivity index (χ0) is 12.0. The molecular weight excluding hydrogens is 222 g/mol. The van der Waals surface area contributed by atoms with Gasteiger partial charge in [0.2, 0.25) is 0 Å². The van der Waals surface area contributed by atoms with Crippen LogP contribution in [0.5, 0.6) is 5.75 Å². The summed E-state index contributed by atoms with van der Waals surface area (Å²) in [6.45, 7) is 2.57. The first-order chi connectivity index (χ1) is 8.13. The topological polar surface area (TPSA) is 9.23 Å². The number of fused-ring (bicyclic) bond motifs is 3. The van der Waals surface area contributed by atoms with Gasteiger partial charge in [0.05, 0.1) is 6.61 Å². The van der Waals surface area contributed by atoms with E-state index in [1.54, 1.807) is 0 Å². The Hall–Kier alpha value is -1.12. The van der Waals surface area contributed by atoms with Crippen LogP contribution >= 0.6 is 0 Å². The molecule has 2 atom stereocenters. The van der Waals surface area contributed by atoms with Crippen LogP contribution in [0, 0.1) is 17.6 Å². The molecular formula is C14H16F2O. The van der Waals surface area contributed by atoms with Gasteiger partial charge in [0.25, 0.3) is 0 Å². The van der Waals surface area contributed by atoms with Gasteiger partial charge in [-0.25, -0.2) is 8.78 Å². The average molecular weight is 238 g/mol. The second-order valence-electron chi connectivity index (χ2n) is 5.40. The molecule has 1 aromatic rings. The van der Waals surface area contributed by atoms with Crippen molar-refractivity contribution in [3.8, 4) is 5.75 Å². The third-order valence-corrected chi connectivity index (χ3v) is 4.46. The monoisotopic (exact) mass is 238 g/mol. The Balaban J connectivity index is 2.19. The Bertz CT molecular complexity index is 458. The zero-order valence-corrected chi connectivity index (χ0v) is 9.93. The van der Waals surface area contributed by atoms with Gasteiger partial charge in [-0.05, 0) is 25.0 Å². The van der Waals surface area contributed by atoms with Crippen molar-refractivity contribution >= 4 is 0 Å². The van der Waals surface area contributed by atoms with Crippen LogP contribution in [0.4, 0.5) is 8.78 Å². The van der Waals surface area contributed by atoms with Crippen LogP contribution in [0.1, 0.15) is 38.2 Å². The van der Waals surface area contributed by atoms with Crippen LogP contribution in [0.25, 0.3) is 0 Å². The molecule has 0 spiro atoms. The van der Waals surface area contributed by atoms with Crippen LogP contribution in [-0.4, -0.2) is 6.61 Å². The molecule has 1 aromatic carbocycles. The minimum absolute atomic E-state index is 0.144. The van der Waals surface area contributed by atoms with Gasteiger partial charge < -0.3 is 4.74 Å². The fraction of sp³-hybridized carbons (Fsp3) is 0.571. The van der Waals surface area contributed by atoms with Crippen molar-refractivity contribution in [1.82, 2.24) is 0 Å². The van der Waals surface area contributed by atoms with E-state index in [2.05, 4.69) is 6.92 Å². The molecule has 1 aliphatic carbocycles. The molecule has 1 nitrogen and oxygen atoms in total. The first kappa shape index (κ1) is 11.0. The average Bonchev–Trinajstić information content (AvgIpc) is 2.32. The van der Waals surface area contributed by atoms with E-state index >= 15 is 0 Å². The molecule has 17 heavy (non-hydrogen) atoms. The molecule has 0 aromatic heterocycles. The lowest BCUT2D eigenvalue weighted by Gasteiger charge is -2.45. The fourth-order valence-corrected chi connectivity index (χ4v) is 3.39. The highest BCUT2D eigenvalue weighted by atomic mass is 19.1. The molecule has 1 aliphatic heterocycles. The van der Waals surface area contributed by atoms with Crippen molar-refractivity contribution in [1.29, 1.82) is 0 Å². The summed E-state index contributed by atoms with van der Waals surface area (Å²) < 4.78 is 33.2. The number of benzene rings is 1. The van der Waals surface area contributed by atoms with Gasteiger partial charge in [0.1, 0.15) is 5.82 Å². The molecule has 1 heterocycles. The largest absolute Gasteiger partial charge is 0.490 e. The lowest BCUT2D eigenvalue weighted by atomic mass is 9.62. The summed E-state index contributed by atoms with van der Waals surface area (Å²) in [6, 6.07) is 2.38. The highest BCUT2D eigenvalue weighted by Crippen LogP contribution is 2.51. The molecule has 92 valence electrons. The summed E-state index contributed by atoms with van der Waals surface area (Å²) in [4.78, 5) is 0. The highest BCUT2D eigenvalue weighted by molar-refractivity contribution is 5.44. The Morgan fingerprint density at radius 1 is 1.24 bits per heavy atom. The van der Waals surface area contributed by atoms with E-state index in [1.807, 2.05) is 0 Å². The summed E-state index contributed by atoms with van der Waals surface area (Å²) in [5.74, 6) is -0.298. The van der Waals surface area contributed by atoms with Gasteiger partial charge in [-0.1, -0.05) is 19.8 Å². The molecule has 0 bridgehead atoms. The van der Waals surface area contributed by atoms with E-state index in [0.717, 1.165) is 31.7 Å². The quantitative estimate of drug-likeness (QED) is 0.668. The van der Waals surface area contributed by atoms with Gasteiger partial charge in [-0.15, -0.1) is 0 Å². The van der Waals surface area contributed by atoms with Crippen molar-refractivity contribution in [2.24, 2.45) is 5.92 Å². The molecule has 0 unspecified atom stereocenters. The maximum atomic E-state index is 14.0. The van der Waals surface area contributed by atoms with Crippen LogP contribution in [0.2, 0.25) is 0 Å². The third kappa shape index (κ3) is 1.48. The van der Waals surface area contributed by atoms with E-state index in [4.69, 9.17) is 4.74 Å². The van der Waals surface area contributed by atoms with Gasteiger partial charge in [0, 0.05) is 16.9 Å². The first-order valence-electron chi connectivity index (χ1n) is 6.24. The van der Waals surface area contributed by atoms with E-state index < -0.39 is 5.82 Å². The maximum Gasteiger partial charge on any atom is 0.165 e. The van der Waals surface area contributed by atoms with E-state index in [0.29, 0.717) is 18.1 Å². The summed E-state index contributed by atoms with van der Waals surface area (Å²) in [7, 11) is 0. The molecule has 0 amide bonds. The second-order valence-corrected chi connectivity index (χ2v) is 5.40. The van der Waals surface area contributed by atoms with Crippen LogP contribution in [-0.2, 0) is 5.41 Å². The third-order valence-electron chi connectivity index (χ3n) is 4.46. The summed E-state index contributed by atoms with van der Waals surface area (Å²) in [5, 5.41) is 0. The minimum Gasteiger partial charge on any atom is -0.490 e. The van der Waals surface area contributed by atoms with Crippen molar-refractivity contribution in [3.63, 3.8) is 0 Å². The molecule has 0 N–H and O–H groups in total. The molecule has 3 heteroatoms. The number of halogens is 2. The number of hydrogen-bond acceptors (Lipinski definition) is 1. The van der Waals surface area contributed by atoms with Crippen molar-refractivity contribution in [2.45, 2.75) is 38.0 Å². The van der Waals surface area contributed by atoms with Crippen molar-refractivity contribution in [2.75, 3.05) is 6.61 Å². The van der Waals surface area contributed by atoms with Gasteiger partial charge in [0.15, 0.2) is 11.6 Å². The van der Waals surface area contributed by atoms with Crippen LogP contribution in [0.15, 0.2) is 12.1 Å². The predicted octanol–water partition coefficient (Wildman–Crippen LogP) is 3.81. The maximum absolute atomic E-state index is 14.0. The standard InChI is InChI=1S/C14H16F2O/c1-14-7-3-2-4-9(14)8-17-13-11(16)6-5-10(15)12(13)14/h5-6,9H,2-4,7-8H2,1H3/t9-,14-/m1/s1. The predicted molar refractivity (Wildman–Crippen MR) is 61.2 cm³/mol. The van der Waals surface area contributed by atoms with E-state index in [9.17, 15) is 8.78 Å². The molecule has 3 rings (SSSR count). The molecule has 1 saturated carbocycles. The summed E-state index contributed by atoms with van der Waals surface area (Å²) in [6.07, 6.45) is 4.22. The van der Waals surface area contributed by atoms with Gasteiger partial charge in [-0.3, -0.25) is 0 Å². The number of ether oxygens (including phenoxy) is 1. The van der Waals surface area contributed by atoms with Gasteiger partial charge >= 0.3 is 0 Å². The number of rotatable bonds is 0. The lowest BCUT2D eigenvalue weighted by molar-refractivity contribution is 0.0906. The smallest absolute Gasteiger partial charge is 0.165 e. The Labute approximate surface area is 99.8 Å². The minimum atomic E-state index is -0.438. The summed E-state index contributed by atoms with van der Waals surface area (Å²) in [5.41, 5.74) is 0.214. The van der Waals surface area contributed by atoms with Crippen molar-refractivity contribution < 1.29 is 13.5 Å². The fourth-order valence-electron chi connectivity index (χ4n) is 3.39. The van der Waals surface area contributed by atoms with Crippen molar-refractivity contribution in [3.05, 3.63) is 29.3 Å². The number of hydrogen-bond donors (Lipinski definition) is 0.